The first-order valence-electron chi connectivity index (χ1n) is 11.9. The molecular weight excluding hydrogens is 412 g/mol. The van der Waals surface area contributed by atoms with Crippen molar-refractivity contribution in [2.45, 2.75) is 32.7 Å². The van der Waals surface area contributed by atoms with Crippen LogP contribution in [0.4, 0.5) is 0 Å². The summed E-state index contributed by atoms with van der Waals surface area (Å²) in [4.78, 5) is 3.96. The Morgan fingerprint density at radius 1 is 0.938 bits per heavy atom. The molecule has 1 saturated carbocycles. The van der Waals surface area contributed by atoms with Crippen molar-refractivity contribution < 1.29 is 4.74 Å². The zero-order chi connectivity index (χ0) is 21.5. The first kappa shape index (κ1) is 20.2. The van der Waals surface area contributed by atoms with E-state index in [-0.39, 0.29) is 0 Å². The molecule has 0 N–H and O–H groups in total. The summed E-state index contributed by atoms with van der Waals surface area (Å²) in [5, 5.41) is 6.39. The Kier molecular flexibility index (Phi) is 5.38. The number of benzene rings is 2. The number of aromatic nitrogens is 1. The predicted molar refractivity (Wildman–Crippen MR) is 136 cm³/mol. The van der Waals surface area contributed by atoms with Gasteiger partial charge >= 0.3 is 0 Å². The van der Waals surface area contributed by atoms with Crippen molar-refractivity contribution in [3.8, 4) is 0 Å². The second kappa shape index (κ2) is 8.51. The smallest absolute Gasteiger partial charge is 0.103 e. The summed E-state index contributed by atoms with van der Waals surface area (Å²) < 4.78 is 8.12. The maximum Gasteiger partial charge on any atom is 0.103 e. The topological polar surface area (TPSA) is 17.4 Å². The molecule has 0 spiro atoms. The molecule has 0 atom stereocenters. The van der Waals surface area contributed by atoms with E-state index in [1.54, 1.807) is 5.57 Å². The summed E-state index contributed by atoms with van der Waals surface area (Å²) in [6.07, 6.45) is 3.76. The second-order valence-electron chi connectivity index (χ2n) is 9.06. The normalized spacial score (nSPS) is 17.2. The van der Waals surface area contributed by atoms with Crippen LogP contribution in [-0.4, -0.2) is 42.3 Å². The Morgan fingerprint density at radius 2 is 1.75 bits per heavy atom. The fourth-order valence-corrected chi connectivity index (χ4v) is 6.37. The van der Waals surface area contributed by atoms with E-state index in [1.165, 1.54) is 62.6 Å². The van der Waals surface area contributed by atoms with Crippen LogP contribution in [0.25, 0.3) is 26.6 Å². The van der Waals surface area contributed by atoms with Crippen LogP contribution >= 0.6 is 11.3 Å². The highest BCUT2D eigenvalue weighted by molar-refractivity contribution is 7.16. The van der Waals surface area contributed by atoms with Crippen LogP contribution in [0.3, 0.4) is 0 Å². The highest BCUT2D eigenvalue weighted by Crippen LogP contribution is 2.45. The van der Waals surface area contributed by atoms with Crippen molar-refractivity contribution in [2.24, 2.45) is 0 Å². The average molecular weight is 443 g/mol. The number of hydrogen-bond acceptors (Lipinski definition) is 3. The quantitative estimate of drug-likeness (QED) is 0.352. The van der Waals surface area contributed by atoms with Gasteiger partial charge in [-0.25, -0.2) is 0 Å². The maximum absolute atomic E-state index is 5.55. The Bertz CT molecular complexity index is 1290. The van der Waals surface area contributed by atoms with Crippen molar-refractivity contribution in [1.29, 1.82) is 0 Å². The lowest BCUT2D eigenvalue weighted by Gasteiger charge is -2.27. The molecule has 2 aliphatic rings. The van der Waals surface area contributed by atoms with Gasteiger partial charge in [0, 0.05) is 42.8 Å². The molecule has 2 aromatic heterocycles. The van der Waals surface area contributed by atoms with Gasteiger partial charge in [0.15, 0.2) is 0 Å². The molecule has 4 heteroatoms. The minimum atomic E-state index is 0.863. The minimum Gasteiger partial charge on any atom is -0.379 e. The maximum atomic E-state index is 5.55. The van der Waals surface area contributed by atoms with Crippen molar-refractivity contribution in [3.05, 3.63) is 76.3 Å². The van der Waals surface area contributed by atoms with E-state index in [0.717, 1.165) is 39.4 Å². The largest absolute Gasteiger partial charge is 0.379 e. The Labute approximate surface area is 193 Å². The summed E-state index contributed by atoms with van der Waals surface area (Å²) in [6.45, 7) is 8.29. The molecule has 6 rings (SSSR count). The van der Waals surface area contributed by atoms with Crippen molar-refractivity contribution >= 4 is 37.9 Å². The van der Waals surface area contributed by atoms with Gasteiger partial charge in [-0.15, -0.1) is 11.3 Å². The van der Waals surface area contributed by atoms with Crippen LogP contribution < -0.4 is 0 Å². The highest BCUT2D eigenvalue weighted by atomic mass is 32.1. The van der Waals surface area contributed by atoms with Crippen LogP contribution in [0, 0.1) is 6.92 Å². The number of nitrogens with zero attached hydrogens (tertiary/aromatic N) is 2. The third-order valence-corrected chi connectivity index (χ3v) is 8.22. The molecular formula is C28H30N2OS. The minimum absolute atomic E-state index is 0.863. The Balaban J connectivity index is 1.48. The van der Waals surface area contributed by atoms with E-state index in [2.05, 4.69) is 70.3 Å². The first-order valence-corrected chi connectivity index (χ1v) is 12.8. The van der Waals surface area contributed by atoms with Gasteiger partial charge in [0.05, 0.1) is 13.2 Å². The van der Waals surface area contributed by atoms with Crippen LogP contribution in [-0.2, 0) is 11.3 Å². The first-order chi connectivity index (χ1) is 15.8. The molecule has 2 fully saturated rings. The van der Waals surface area contributed by atoms with E-state index >= 15 is 0 Å². The fourth-order valence-electron chi connectivity index (χ4n) is 5.38. The lowest BCUT2D eigenvalue weighted by atomic mass is 9.80. The molecule has 0 amide bonds. The Morgan fingerprint density at radius 3 is 2.56 bits per heavy atom. The van der Waals surface area contributed by atoms with Gasteiger partial charge in [0.25, 0.3) is 0 Å². The lowest BCUT2D eigenvalue weighted by molar-refractivity contribution is 0.0365. The monoisotopic (exact) mass is 442 g/mol. The molecule has 1 aliphatic heterocycles. The molecule has 0 bridgehead atoms. The third-order valence-electron chi connectivity index (χ3n) is 7.29. The molecule has 1 aliphatic carbocycles. The predicted octanol–water partition coefficient (Wildman–Crippen LogP) is 6.48. The molecule has 32 heavy (non-hydrogen) atoms. The van der Waals surface area contributed by atoms with Gasteiger partial charge in [-0.2, -0.15) is 0 Å². The van der Waals surface area contributed by atoms with E-state index in [9.17, 15) is 0 Å². The van der Waals surface area contributed by atoms with Gasteiger partial charge < -0.3 is 9.30 Å². The zero-order valence-electron chi connectivity index (χ0n) is 18.8. The average Bonchev–Trinajstić information content (AvgIpc) is 3.36. The van der Waals surface area contributed by atoms with E-state index in [4.69, 9.17) is 4.74 Å². The van der Waals surface area contributed by atoms with Gasteiger partial charge in [-0.3, -0.25) is 4.90 Å². The van der Waals surface area contributed by atoms with Gasteiger partial charge in [0.2, 0.25) is 0 Å². The number of thiophene rings is 1. The fraction of sp³-hybridized carbons (Fsp3) is 0.357. The molecule has 0 unspecified atom stereocenters. The van der Waals surface area contributed by atoms with Crippen LogP contribution in [0.2, 0.25) is 0 Å². The number of allylic oxidation sites excluding steroid dienone is 1. The van der Waals surface area contributed by atoms with Gasteiger partial charge in [0.1, 0.15) is 4.83 Å². The van der Waals surface area contributed by atoms with Crippen LogP contribution in [0.15, 0.2) is 59.5 Å². The number of morpholine rings is 1. The van der Waals surface area contributed by atoms with Crippen molar-refractivity contribution in [1.82, 2.24) is 9.47 Å². The molecule has 4 aromatic rings. The van der Waals surface area contributed by atoms with Gasteiger partial charge in [-0.1, -0.05) is 48.0 Å². The summed E-state index contributed by atoms with van der Waals surface area (Å²) in [6, 6.07) is 18.0. The van der Waals surface area contributed by atoms with Crippen molar-refractivity contribution in [3.63, 3.8) is 0 Å². The zero-order valence-corrected chi connectivity index (χ0v) is 19.6. The van der Waals surface area contributed by atoms with E-state index < -0.39 is 0 Å². The third kappa shape index (κ3) is 3.42. The van der Waals surface area contributed by atoms with Crippen LogP contribution in [0.1, 0.15) is 36.1 Å². The molecule has 1 saturated heterocycles. The SMILES string of the molecule is Cc1c(C(=C2CCC2)c2cccc3ccccc23)c2ccsc2n1CCN1CCOCC1. The Hall–Kier alpha value is -2.40. The molecule has 0 radical (unpaired) electrons. The molecule has 3 nitrogen and oxygen atoms in total. The van der Waals surface area contributed by atoms with E-state index in [1.807, 2.05) is 11.3 Å². The summed E-state index contributed by atoms with van der Waals surface area (Å²) in [5.41, 5.74) is 7.41. The standard InChI is InChI=1S/C28H30N2OS/c1-20-26(25-12-19-32-28(25)30(20)14-13-29-15-17-31-18-16-29)27(22-8-4-9-22)24-11-5-7-21-6-2-3-10-23(21)24/h2-3,5-7,10-12,19H,4,8-9,13-18H2,1H3. The van der Waals surface area contributed by atoms with Gasteiger partial charge in [-0.05, 0) is 59.5 Å². The number of rotatable bonds is 5. The molecule has 3 heterocycles. The van der Waals surface area contributed by atoms with Crippen LogP contribution in [0.5, 0.6) is 0 Å². The summed E-state index contributed by atoms with van der Waals surface area (Å²) >= 11 is 1.89. The molecule has 2 aromatic carbocycles. The van der Waals surface area contributed by atoms with Crippen molar-refractivity contribution in [2.75, 3.05) is 32.8 Å². The number of hydrogen-bond donors (Lipinski definition) is 0. The van der Waals surface area contributed by atoms with E-state index in [0.29, 0.717) is 0 Å². The number of ether oxygens (including phenoxy) is 1. The second-order valence-corrected chi connectivity index (χ2v) is 9.96. The number of fused-ring (bicyclic) bond motifs is 2. The summed E-state index contributed by atoms with van der Waals surface area (Å²) in [7, 11) is 0. The lowest BCUT2D eigenvalue weighted by Crippen LogP contribution is -2.38. The highest BCUT2D eigenvalue weighted by Gasteiger charge is 2.25. The molecule has 164 valence electrons. The summed E-state index contributed by atoms with van der Waals surface area (Å²) in [5.74, 6) is 0.